The van der Waals surface area contributed by atoms with E-state index >= 15 is 0 Å². The summed E-state index contributed by atoms with van der Waals surface area (Å²) >= 11 is 5.80. The van der Waals surface area contributed by atoms with Crippen molar-refractivity contribution in [3.8, 4) is 5.75 Å². The lowest BCUT2D eigenvalue weighted by Crippen LogP contribution is -2.24. The second-order valence-electron chi connectivity index (χ2n) is 5.64. The largest absolute Gasteiger partial charge is 0.507 e. The zero-order valence-electron chi connectivity index (χ0n) is 13.4. The van der Waals surface area contributed by atoms with Crippen LogP contribution in [0.15, 0.2) is 60.7 Å². The Balaban J connectivity index is 1.80. The van der Waals surface area contributed by atoms with Gasteiger partial charge in [0.25, 0.3) is 0 Å². The van der Waals surface area contributed by atoms with Crippen molar-refractivity contribution in [2.45, 2.75) is 13.0 Å². The molecule has 0 aliphatic carbocycles. The standard InChI is InChI=1S/C20H15ClO4/c1-12(19(23)13-6-8-16(21)9-7-13)25-20(24)17-10-14-4-2-3-5-15(14)11-18(17)22/h2-12,22H,1H3/t12-/m1/s1. The van der Waals surface area contributed by atoms with Crippen molar-refractivity contribution in [1.82, 2.24) is 0 Å². The zero-order valence-corrected chi connectivity index (χ0v) is 14.2. The van der Waals surface area contributed by atoms with Crippen molar-refractivity contribution in [3.05, 3.63) is 76.8 Å². The van der Waals surface area contributed by atoms with E-state index in [-0.39, 0.29) is 17.1 Å². The Hall–Kier alpha value is -2.85. The average molecular weight is 355 g/mol. The van der Waals surface area contributed by atoms with E-state index in [1.54, 1.807) is 30.3 Å². The first-order valence-corrected chi connectivity index (χ1v) is 8.06. The molecule has 0 fully saturated rings. The van der Waals surface area contributed by atoms with E-state index in [1.165, 1.54) is 13.0 Å². The molecule has 0 aliphatic heterocycles. The highest BCUT2D eigenvalue weighted by Crippen LogP contribution is 2.26. The van der Waals surface area contributed by atoms with Crippen LogP contribution in [0.4, 0.5) is 0 Å². The molecule has 0 saturated carbocycles. The van der Waals surface area contributed by atoms with Gasteiger partial charge in [-0.15, -0.1) is 0 Å². The maximum Gasteiger partial charge on any atom is 0.342 e. The van der Waals surface area contributed by atoms with Gasteiger partial charge in [0.05, 0.1) is 0 Å². The predicted molar refractivity (Wildman–Crippen MR) is 96.3 cm³/mol. The molecule has 3 aromatic carbocycles. The molecule has 0 bridgehead atoms. The monoisotopic (exact) mass is 354 g/mol. The maximum atomic E-state index is 12.4. The lowest BCUT2D eigenvalue weighted by molar-refractivity contribution is 0.0316. The maximum absolute atomic E-state index is 12.4. The van der Waals surface area contributed by atoms with Gasteiger partial charge in [0.15, 0.2) is 6.10 Å². The summed E-state index contributed by atoms with van der Waals surface area (Å²) in [7, 11) is 0. The molecule has 5 heteroatoms. The topological polar surface area (TPSA) is 63.6 Å². The van der Waals surface area contributed by atoms with Crippen molar-refractivity contribution in [1.29, 1.82) is 0 Å². The summed E-state index contributed by atoms with van der Waals surface area (Å²) in [5.74, 6) is -1.28. The number of aromatic hydroxyl groups is 1. The fraction of sp³-hybridized carbons (Fsp3) is 0.100. The fourth-order valence-electron chi connectivity index (χ4n) is 2.52. The number of Topliss-reactive ketones (excluding diaryl/α,β-unsaturated/α-hetero) is 1. The second kappa shape index (κ2) is 6.95. The van der Waals surface area contributed by atoms with Gasteiger partial charge in [0, 0.05) is 10.6 Å². The average Bonchev–Trinajstić information content (AvgIpc) is 2.61. The first kappa shape index (κ1) is 17.0. The van der Waals surface area contributed by atoms with Crippen molar-refractivity contribution < 1.29 is 19.4 Å². The molecule has 25 heavy (non-hydrogen) atoms. The molecule has 4 nitrogen and oxygen atoms in total. The van der Waals surface area contributed by atoms with Gasteiger partial charge < -0.3 is 9.84 Å². The number of esters is 1. The summed E-state index contributed by atoms with van der Waals surface area (Å²) in [6, 6.07) is 16.7. The Bertz CT molecular complexity index is 948. The van der Waals surface area contributed by atoms with Crippen LogP contribution >= 0.6 is 11.6 Å². The number of benzene rings is 3. The number of carbonyl (C=O) groups excluding carboxylic acids is 2. The molecule has 0 saturated heterocycles. The predicted octanol–water partition coefficient (Wildman–Crippen LogP) is 4.63. The Kier molecular flexibility index (Phi) is 4.72. The van der Waals surface area contributed by atoms with E-state index in [4.69, 9.17) is 16.3 Å². The number of ether oxygens (including phenoxy) is 1. The number of hydrogen-bond donors (Lipinski definition) is 1. The van der Waals surface area contributed by atoms with Gasteiger partial charge in [-0.3, -0.25) is 4.79 Å². The van der Waals surface area contributed by atoms with Crippen molar-refractivity contribution >= 4 is 34.1 Å². The quantitative estimate of drug-likeness (QED) is 0.548. The van der Waals surface area contributed by atoms with Gasteiger partial charge in [-0.2, -0.15) is 0 Å². The molecule has 0 amide bonds. The van der Waals surface area contributed by atoms with Crippen LogP contribution in [0.5, 0.6) is 5.75 Å². The van der Waals surface area contributed by atoms with Gasteiger partial charge in [0.1, 0.15) is 11.3 Å². The highest BCUT2D eigenvalue weighted by atomic mass is 35.5. The summed E-state index contributed by atoms with van der Waals surface area (Å²) in [6.07, 6.45) is -0.987. The lowest BCUT2D eigenvalue weighted by Gasteiger charge is -2.13. The van der Waals surface area contributed by atoms with E-state index in [0.29, 0.717) is 10.6 Å². The van der Waals surface area contributed by atoms with Gasteiger partial charge in [-0.05, 0) is 54.1 Å². The zero-order chi connectivity index (χ0) is 18.0. The van der Waals surface area contributed by atoms with E-state index < -0.39 is 12.1 Å². The molecule has 0 aromatic heterocycles. The highest BCUT2D eigenvalue weighted by molar-refractivity contribution is 6.30. The number of fused-ring (bicyclic) bond motifs is 1. The first-order chi connectivity index (χ1) is 12.0. The molecule has 1 atom stereocenters. The molecule has 1 N–H and O–H groups in total. The lowest BCUT2D eigenvalue weighted by atomic mass is 10.1. The SMILES string of the molecule is C[C@@H](OC(=O)c1cc2ccccc2cc1O)C(=O)c1ccc(Cl)cc1. The summed E-state index contributed by atoms with van der Waals surface area (Å²) in [4.78, 5) is 24.7. The minimum absolute atomic E-state index is 0.0226. The number of carbonyl (C=O) groups is 2. The summed E-state index contributed by atoms with van der Waals surface area (Å²) in [5.41, 5.74) is 0.418. The third-order valence-corrected chi connectivity index (χ3v) is 4.12. The number of ketones is 1. The van der Waals surface area contributed by atoms with Gasteiger partial charge in [-0.25, -0.2) is 4.79 Å². The van der Waals surface area contributed by atoms with Gasteiger partial charge in [-0.1, -0.05) is 35.9 Å². The van der Waals surface area contributed by atoms with Crippen LogP contribution in [-0.2, 0) is 4.74 Å². The van der Waals surface area contributed by atoms with Crippen LogP contribution in [0, 0.1) is 0 Å². The van der Waals surface area contributed by atoms with Crippen LogP contribution in [0.25, 0.3) is 10.8 Å². The Morgan fingerprint density at radius 1 is 1.00 bits per heavy atom. The first-order valence-electron chi connectivity index (χ1n) is 7.68. The summed E-state index contributed by atoms with van der Waals surface area (Å²) < 4.78 is 5.23. The molecule has 126 valence electrons. The molecule has 3 aromatic rings. The van der Waals surface area contributed by atoms with Gasteiger partial charge in [0.2, 0.25) is 5.78 Å². The Labute approximate surface area is 149 Å². The van der Waals surface area contributed by atoms with Gasteiger partial charge >= 0.3 is 5.97 Å². The highest BCUT2D eigenvalue weighted by Gasteiger charge is 2.22. The molecule has 0 aliphatic rings. The third kappa shape index (κ3) is 3.64. The van der Waals surface area contributed by atoms with E-state index in [9.17, 15) is 14.7 Å². The van der Waals surface area contributed by atoms with E-state index in [2.05, 4.69) is 0 Å². The van der Waals surface area contributed by atoms with Crippen LogP contribution in [0.1, 0.15) is 27.6 Å². The van der Waals surface area contributed by atoms with E-state index in [0.717, 1.165) is 10.8 Å². The molecule has 0 heterocycles. The fourth-order valence-corrected chi connectivity index (χ4v) is 2.64. The number of hydrogen-bond acceptors (Lipinski definition) is 4. The normalized spacial score (nSPS) is 11.9. The Morgan fingerprint density at radius 3 is 2.24 bits per heavy atom. The van der Waals surface area contributed by atoms with Crippen LogP contribution in [0.3, 0.4) is 0 Å². The van der Waals surface area contributed by atoms with Crippen molar-refractivity contribution in [2.75, 3.05) is 0 Å². The molecular weight excluding hydrogens is 340 g/mol. The molecular formula is C20H15ClO4. The van der Waals surface area contributed by atoms with Crippen LogP contribution < -0.4 is 0 Å². The third-order valence-electron chi connectivity index (χ3n) is 3.87. The number of halogens is 1. The molecule has 0 spiro atoms. The van der Waals surface area contributed by atoms with Crippen molar-refractivity contribution in [3.63, 3.8) is 0 Å². The van der Waals surface area contributed by atoms with E-state index in [1.807, 2.05) is 24.3 Å². The number of phenolic OH excluding ortho intramolecular Hbond substituents is 1. The number of phenols is 1. The summed E-state index contributed by atoms with van der Waals surface area (Å²) in [6.45, 7) is 1.49. The molecule has 0 radical (unpaired) electrons. The Morgan fingerprint density at radius 2 is 1.60 bits per heavy atom. The van der Waals surface area contributed by atoms with Crippen molar-refractivity contribution in [2.24, 2.45) is 0 Å². The minimum Gasteiger partial charge on any atom is -0.507 e. The summed E-state index contributed by atoms with van der Waals surface area (Å²) in [5, 5.41) is 12.2. The molecule has 3 rings (SSSR count). The van der Waals surface area contributed by atoms with Crippen LogP contribution in [0.2, 0.25) is 5.02 Å². The van der Waals surface area contributed by atoms with Crippen LogP contribution in [-0.4, -0.2) is 23.0 Å². The molecule has 0 unspecified atom stereocenters. The number of rotatable bonds is 4. The minimum atomic E-state index is -0.987. The second-order valence-corrected chi connectivity index (χ2v) is 6.07. The smallest absolute Gasteiger partial charge is 0.342 e.